The van der Waals surface area contributed by atoms with Crippen LogP contribution in [0.2, 0.25) is 0 Å². The minimum atomic E-state index is 0.343. The van der Waals surface area contributed by atoms with Crippen molar-refractivity contribution >= 4 is 0 Å². The maximum Gasteiger partial charge on any atom is 0.0558 e. The van der Waals surface area contributed by atoms with Crippen LogP contribution in [0.3, 0.4) is 0 Å². The van der Waals surface area contributed by atoms with Crippen LogP contribution in [-0.2, 0) is 9.47 Å². The molecule has 84 valence electrons. The molecule has 3 heteroatoms. The van der Waals surface area contributed by atoms with E-state index in [0.29, 0.717) is 12.1 Å². The van der Waals surface area contributed by atoms with Gasteiger partial charge in [0.15, 0.2) is 0 Å². The van der Waals surface area contributed by atoms with Crippen LogP contribution in [0, 0.1) is 5.92 Å². The first-order chi connectivity index (χ1) is 6.77. The fourth-order valence-corrected chi connectivity index (χ4v) is 2.12. The number of hydrogen-bond acceptors (Lipinski definition) is 3. The van der Waals surface area contributed by atoms with Gasteiger partial charge in [0.1, 0.15) is 0 Å². The lowest BCUT2D eigenvalue weighted by Crippen LogP contribution is -2.39. The van der Waals surface area contributed by atoms with Crippen LogP contribution in [0.25, 0.3) is 0 Å². The van der Waals surface area contributed by atoms with E-state index in [9.17, 15) is 0 Å². The van der Waals surface area contributed by atoms with Crippen molar-refractivity contribution in [1.82, 2.24) is 5.32 Å². The lowest BCUT2D eigenvalue weighted by atomic mass is 9.88. The lowest BCUT2D eigenvalue weighted by Gasteiger charge is -2.31. The van der Waals surface area contributed by atoms with E-state index in [1.807, 2.05) is 7.05 Å². The maximum absolute atomic E-state index is 5.37. The van der Waals surface area contributed by atoms with Gasteiger partial charge in [-0.15, -0.1) is 0 Å². The molecule has 0 spiro atoms. The maximum atomic E-state index is 5.37. The Hall–Kier alpha value is -0.120. The molecule has 2 atom stereocenters. The highest BCUT2D eigenvalue weighted by Gasteiger charge is 2.23. The van der Waals surface area contributed by atoms with Gasteiger partial charge in [-0.3, -0.25) is 0 Å². The number of ether oxygens (including phenoxy) is 2. The molecule has 1 rings (SSSR count). The Morgan fingerprint density at radius 1 is 1.43 bits per heavy atom. The van der Waals surface area contributed by atoms with Crippen molar-refractivity contribution in [2.24, 2.45) is 5.92 Å². The van der Waals surface area contributed by atoms with E-state index in [0.717, 1.165) is 25.6 Å². The smallest absolute Gasteiger partial charge is 0.0558 e. The van der Waals surface area contributed by atoms with E-state index in [-0.39, 0.29) is 0 Å². The summed E-state index contributed by atoms with van der Waals surface area (Å²) in [6, 6.07) is 0.578. The van der Waals surface area contributed by atoms with Crippen LogP contribution in [-0.4, -0.2) is 39.5 Å². The summed E-state index contributed by atoms with van der Waals surface area (Å²) in [7, 11) is 3.82. The Kier molecular flexibility index (Phi) is 5.45. The molecule has 1 fully saturated rings. The third-order valence-electron chi connectivity index (χ3n) is 3.19. The molecule has 3 nitrogen and oxygen atoms in total. The van der Waals surface area contributed by atoms with Crippen molar-refractivity contribution in [3.05, 3.63) is 0 Å². The predicted molar refractivity (Wildman–Crippen MR) is 57.5 cm³/mol. The first kappa shape index (κ1) is 12.0. The van der Waals surface area contributed by atoms with Gasteiger partial charge in [0.25, 0.3) is 0 Å². The highest BCUT2D eigenvalue weighted by molar-refractivity contribution is 4.79. The van der Waals surface area contributed by atoms with E-state index in [2.05, 4.69) is 12.2 Å². The minimum absolute atomic E-state index is 0.343. The second-order valence-electron chi connectivity index (χ2n) is 4.13. The summed E-state index contributed by atoms with van der Waals surface area (Å²) in [6.07, 6.45) is 3.80. The number of hydrogen-bond donors (Lipinski definition) is 1. The third kappa shape index (κ3) is 3.56. The van der Waals surface area contributed by atoms with Crippen molar-refractivity contribution in [3.63, 3.8) is 0 Å². The van der Waals surface area contributed by atoms with Crippen LogP contribution >= 0.6 is 0 Å². The standard InChI is InChI=1S/C11H23NO2/c1-9(13-3)8-11(12-2)10-4-6-14-7-5-10/h9-12H,4-8H2,1-3H3. The highest BCUT2D eigenvalue weighted by Crippen LogP contribution is 2.21. The SMILES string of the molecule is CNC(CC(C)OC)C1CCOCC1. The number of rotatable bonds is 5. The molecule has 0 aliphatic carbocycles. The Morgan fingerprint density at radius 2 is 2.07 bits per heavy atom. The molecule has 1 heterocycles. The van der Waals surface area contributed by atoms with E-state index >= 15 is 0 Å². The van der Waals surface area contributed by atoms with Crippen molar-refractivity contribution in [2.45, 2.75) is 38.3 Å². The summed E-state index contributed by atoms with van der Waals surface area (Å²) in [5.41, 5.74) is 0. The van der Waals surface area contributed by atoms with Crippen LogP contribution < -0.4 is 5.32 Å². The van der Waals surface area contributed by atoms with E-state index < -0.39 is 0 Å². The van der Waals surface area contributed by atoms with Crippen molar-refractivity contribution in [2.75, 3.05) is 27.4 Å². The van der Waals surface area contributed by atoms with Crippen molar-refractivity contribution in [1.29, 1.82) is 0 Å². The molecule has 0 amide bonds. The zero-order valence-electron chi connectivity index (χ0n) is 9.58. The molecule has 0 aromatic heterocycles. The average molecular weight is 201 g/mol. The van der Waals surface area contributed by atoms with Crippen molar-refractivity contribution < 1.29 is 9.47 Å². The van der Waals surface area contributed by atoms with Crippen LogP contribution in [0.15, 0.2) is 0 Å². The molecule has 1 saturated heterocycles. The van der Waals surface area contributed by atoms with Crippen molar-refractivity contribution in [3.8, 4) is 0 Å². The van der Waals surface area contributed by atoms with Gasteiger partial charge in [-0.2, -0.15) is 0 Å². The Bertz CT molecular complexity index is 146. The van der Waals surface area contributed by atoms with Crippen LogP contribution in [0.5, 0.6) is 0 Å². The van der Waals surface area contributed by atoms with Crippen LogP contribution in [0.4, 0.5) is 0 Å². The average Bonchev–Trinajstić information content (AvgIpc) is 2.26. The largest absolute Gasteiger partial charge is 0.382 e. The first-order valence-electron chi connectivity index (χ1n) is 5.55. The summed E-state index contributed by atoms with van der Waals surface area (Å²) in [5.74, 6) is 0.756. The molecule has 2 unspecified atom stereocenters. The summed E-state index contributed by atoms with van der Waals surface area (Å²) in [6.45, 7) is 3.97. The molecule has 1 N–H and O–H groups in total. The summed E-state index contributed by atoms with van der Waals surface area (Å²) in [4.78, 5) is 0. The summed E-state index contributed by atoms with van der Waals surface area (Å²) < 4.78 is 10.7. The second-order valence-corrected chi connectivity index (χ2v) is 4.13. The van der Waals surface area contributed by atoms with E-state index in [1.54, 1.807) is 7.11 Å². The normalized spacial score (nSPS) is 23.4. The molecule has 0 aromatic rings. The fraction of sp³-hybridized carbons (Fsp3) is 1.00. The molecule has 0 bridgehead atoms. The number of methoxy groups -OCH3 is 1. The van der Waals surface area contributed by atoms with Gasteiger partial charge in [-0.25, -0.2) is 0 Å². The highest BCUT2D eigenvalue weighted by atomic mass is 16.5. The van der Waals surface area contributed by atoms with Gasteiger partial charge in [0.2, 0.25) is 0 Å². The molecular formula is C11H23NO2. The van der Waals surface area contributed by atoms with E-state index in [1.165, 1.54) is 12.8 Å². The molecule has 1 aliphatic rings. The first-order valence-corrected chi connectivity index (χ1v) is 5.55. The van der Waals surface area contributed by atoms with Gasteiger partial charge < -0.3 is 14.8 Å². The molecule has 1 aliphatic heterocycles. The molecule has 0 aromatic carbocycles. The Morgan fingerprint density at radius 3 is 2.57 bits per heavy atom. The zero-order chi connectivity index (χ0) is 10.4. The molecule has 0 radical (unpaired) electrons. The van der Waals surface area contributed by atoms with Gasteiger partial charge >= 0.3 is 0 Å². The quantitative estimate of drug-likeness (QED) is 0.730. The molecule has 0 saturated carbocycles. The van der Waals surface area contributed by atoms with Crippen LogP contribution in [0.1, 0.15) is 26.2 Å². The third-order valence-corrected chi connectivity index (χ3v) is 3.19. The second kappa shape index (κ2) is 6.38. The van der Waals surface area contributed by atoms with E-state index in [4.69, 9.17) is 9.47 Å². The Labute approximate surface area is 87.2 Å². The zero-order valence-corrected chi connectivity index (χ0v) is 9.58. The minimum Gasteiger partial charge on any atom is -0.382 e. The monoisotopic (exact) mass is 201 g/mol. The predicted octanol–water partition coefficient (Wildman–Crippen LogP) is 1.43. The Balaban J connectivity index is 2.35. The van der Waals surface area contributed by atoms with Gasteiger partial charge in [-0.05, 0) is 39.2 Å². The van der Waals surface area contributed by atoms with Gasteiger partial charge in [0.05, 0.1) is 6.10 Å². The number of nitrogens with one attached hydrogen (secondary N) is 1. The molecular weight excluding hydrogens is 178 g/mol. The fourth-order valence-electron chi connectivity index (χ4n) is 2.12. The summed E-state index contributed by atoms with van der Waals surface area (Å²) >= 11 is 0. The summed E-state index contributed by atoms with van der Waals surface area (Å²) in [5, 5.41) is 3.40. The molecule has 14 heavy (non-hydrogen) atoms. The lowest BCUT2D eigenvalue weighted by molar-refractivity contribution is 0.0389. The van der Waals surface area contributed by atoms with Gasteiger partial charge in [-0.1, -0.05) is 0 Å². The topological polar surface area (TPSA) is 30.5 Å². The van der Waals surface area contributed by atoms with Gasteiger partial charge in [0, 0.05) is 26.4 Å².